The van der Waals surface area contributed by atoms with Gasteiger partial charge in [0.2, 0.25) is 11.8 Å². The quantitative estimate of drug-likeness (QED) is 0.383. The summed E-state index contributed by atoms with van der Waals surface area (Å²) in [6.45, 7) is 2.52. The highest BCUT2D eigenvalue weighted by Crippen LogP contribution is 2.14. The van der Waals surface area contributed by atoms with Gasteiger partial charge in [-0.2, -0.15) is 5.10 Å². The third kappa shape index (κ3) is 7.36. The molecule has 0 saturated heterocycles. The smallest absolute Gasteiger partial charge is 0.240 e. The van der Waals surface area contributed by atoms with Crippen LogP contribution in [0.25, 0.3) is 0 Å². The molecule has 164 valence electrons. The molecule has 0 aromatic heterocycles. The summed E-state index contributed by atoms with van der Waals surface area (Å²) in [6.07, 6.45) is 1.35. The van der Waals surface area contributed by atoms with E-state index in [9.17, 15) is 14.0 Å². The zero-order valence-electron chi connectivity index (χ0n) is 17.7. The van der Waals surface area contributed by atoms with Crippen LogP contribution in [0.1, 0.15) is 29.5 Å². The van der Waals surface area contributed by atoms with Gasteiger partial charge in [0.05, 0.1) is 11.9 Å². The Morgan fingerprint density at radius 2 is 1.62 bits per heavy atom. The molecule has 32 heavy (non-hydrogen) atoms. The molecule has 0 saturated carbocycles. The van der Waals surface area contributed by atoms with E-state index in [4.69, 9.17) is 4.74 Å². The standard InChI is InChI=1S/C25H24FN3O3/c1-18-6-8-20(9-7-18)17-32-21-12-10-19(11-13-21)16-27-29-25(31)15-14-24(30)28-23-5-3-2-4-22(23)26/h2-13,16H,14-15,17H2,1H3,(H,28,30)(H,29,31). The van der Waals surface area contributed by atoms with E-state index in [1.807, 2.05) is 55.5 Å². The van der Waals surface area contributed by atoms with Crippen LogP contribution < -0.4 is 15.5 Å². The molecule has 0 heterocycles. The number of anilines is 1. The molecule has 2 amide bonds. The summed E-state index contributed by atoms with van der Waals surface area (Å²) < 4.78 is 19.3. The predicted octanol–water partition coefficient (Wildman–Crippen LogP) is 4.58. The summed E-state index contributed by atoms with van der Waals surface area (Å²) in [7, 11) is 0. The molecule has 0 spiro atoms. The lowest BCUT2D eigenvalue weighted by atomic mass is 10.2. The fourth-order valence-electron chi connectivity index (χ4n) is 2.74. The minimum atomic E-state index is -0.526. The van der Waals surface area contributed by atoms with Gasteiger partial charge in [-0.25, -0.2) is 9.82 Å². The van der Waals surface area contributed by atoms with Crippen LogP contribution in [-0.4, -0.2) is 18.0 Å². The molecule has 6 nitrogen and oxygen atoms in total. The highest BCUT2D eigenvalue weighted by molar-refractivity contribution is 5.93. The van der Waals surface area contributed by atoms with E-state index < -0.39 is 17.6 Å². The van der Waals surface area contributed by atoms with Crippen molar-refractivity contribution in [3.05, 3.63) is 95.3 Å². The largest absolute Gasteiger partial charge is 0.489 e. The molecule has 0 atom stereocenters. The number of nitrogens with one attached hydrogen (secondary N) is 2. The van der Waals surface area contributed by atoms with E-state index in [0.29, 0.717) is 6.61 Å². The van der Waals surface area contributed by atoms with Crippen molar-refractivity contribution in [2.75, 3.05) is 5.32 Å². The van der Waals surface area contributed by atoms with Crippen molar-refractivity contribution in [2.45, 2.75) is 26.4 Å². The molecule has 3 aromatic rings. The zero-order chi connectivity index (χ0) is 22.8. The minimum Gasteiger partial charge on any atom is -0.489 e. The maximum atomic E-state index is 13.5. The number of halogens is 1. The molecular weight excluding hydrogens is 409 g/mol. The zero-order valence-corrected chi connectivity index (χ0v) is 17.7. The highest BCUT2D eigenvalue weighted by Gasteiger charge is 2.09. The Morgan fingerprint density at radius 1 is 0.938 bits per heavy atom. The maximum Gasteiger partial charge on any atom is 0.240 e. The van der Waals surface area contributed by atoms with E-state index in [1.165, 1.54) is 30.0 Å². The van der Waals surface area contributed by atoms with Crippen molar-refractivity contribution < 1.29 is 18.7 Å². The van der Waals surface area contributed by atoms with Gasteiger partial charge in [0.1, 0.15) is 18.2 Å². The van der Waals surface area contributed by atoms with Gasteiger partial charge in [-0.15, -0.1) is 0 Å². The Hall–Kier alpha value is -4.00. The molecule has 0 aliphatic carbocycles. The molecule has 7 heteroatoms. The Morgan fingerprint density at radius 3 is 2.34 bits per heavy atom. The second-order valence-electron chi connectivity index (χ2n) is 7.16. The SMILES string of the molecule is Cc1ccc(COc2ccc(C=NNC(=O)CCC(=O)Nc3ccccc3F)cc2)cc1. The van der Waals surface area contributed by atoms with Crippen LogP contribution >= 0.6 is 0 Å². The summed E-state index contributed by atoms with van der Waals surface area (Å²) in [5.41, 5.74) is 5.53. The number of nitrogens with zero attached hydrogens (tertiary/aromatic N) is 1. The lowest BCUT2D eigenvalue weighted by Crippen LogP contribution is -2.20. The van der Waals surface area contributed by atoms with Crippen LogP contribution in [0.5, 0.6) is 5.75 Å². The molecule has 2 N–H and O–H groups in total. The number of hydrogen-bond acceptors (Lipinski definition) is 4. The van der Waals surface area contributed by atoms with Gasteiger partial charge in [0.25, 0.3) is 0 Å². The predicted molar refractivity (Wildman–Crippen MR) is 122 cm³/mol. The van der Waals surface area contributed by atoms with Crippen LogP contribution in [0, 0.1) is 12.7 Å². The average molecular weight is 433 g/mol. The molecule has 0 aliphatic rings. The molecule has 3 rings (SSSR count). The fraction of sp³-hybridized carbons (Fsp3) is 0.160. The van der Waals surface area contributed by atoms with Crippen molar-refractivity contribution in [3.63, 3.8) is 0 Å². The first kappa shape index (κ1) is 22.7. The minimum absolute atomic E-state index is 0.0661. The lowest BCUT2D eigenvalue weighted by molar-refractivity contribution is -0.124. The first-order valence-corrected chi connectivity index (χ1v) is 10.1. The van der Waals surface area contributed by atoms with Gasteiger partial charge in [-0.1, -0.05) is 42.0 Å². The Kier molecular flexibility index (Phi) is 8.09. The third-order valence-electron chi connectivity index (χ3n) is 4.54. The van der Waals surface area contributed by atoms with E-state index in [0.717, 1.165) is 16.9 Å². The topological polar surface area (TPSA) is 79.8 Å². The van der Waals surface area contributed by atoms with Crippen molar-refractivity contribution in [1.29, 1.82) is 0 Å². The van der Waals surface area contributed by atoms with Crippen LogP contribution in [0.15, 0.2) is 77.9 Å². The number of benzene rings is 3. The van der Waals surface area contributed by atoms with E-state index in [1.54, 1.807) is 6.07 Å². The molecule has 0 fully saturated rings. The van der Waals surface area contributed by atoms with E-state index >= 15 is 0 Å². The summed E-state index contributed by atoms with van der Waals surface area (Å²) >= 11 is 0. The number of amides is 2. The monoisotopic (exact) mass is 433 g/mol. The number of hydrazone groups is 1. The number of aryl methyl sites for hydroxylation is 1. The van der Waals surface area contributed by atoms with E-state index in [-0.39, 0.29) is 18.5 Å². The van der Waals surface area contributed by atoms with Crippen LogP contribution in [0.3, 0.4) is 0 Å². The molecule has 3 aromatic carbocycles. The van der Waals surface area contributed by atoms with Gasteiger partial charge in [-0.05, 0) is 54.4 Å². The third-order valence-corrected chi connectivity index (χ3v) is 4.54. The lowest BCUT2D eigenvalue weighted by Gasteiger charge is -2.07. The number of hydrogen-bond donors (Lipinski definition) is 2. The van der Waals surface area contributed by atoms with Gasteiger partial charge < -0.3 is 10.1 Å². The van der Waals surface area contributed by atoms with Crippen LogP contribution in [0.2, 0.25) is 0 Å². The molecule has 0 radical (unpaired) electrons. The Balaban J connectivity index is 1.38. The Labute approximate surface area is 186 Å². The van der Waals surface area contributed by atoms with E-state index in [2.05, 4.69) is 15.8 Å². The van der Waals surface area contributed by atoms with Gasteiger partial charge in [0.15, 0.2) is 0 Å². The van der Waals surface area contributed by atoms with Crippen molar-refractivity contribution in [2.24, 2.45) is 5.10 Å². The second kappa shape index (κ2) is 11.4. The fourth-order valence-corrected chi connectivity index (χ4v) is 2.74. The van der Waals surface area contributed by atoms with Crippen molar-refractivity contribution >= 4 is 23.7 Å². The molecule has 0 aliphatic heterocycles. The number of carbonyl (C=O) groups is 2. The number of ether oxygens (including phenoxy) is 1. The van der Waals surface area contributed by atoms with Crippen molar-refractivity contribution in [1.82, 2.24) is 5.43 Å². The summed E-state index contributed by atoms with van der Waals surface area (Å²) in [4.78, 5) is 23.7. The van der Waals surface area contributed by atoms with Gasteiger partial charge in [-0.3, -0.25) is 9.59 Å². The van der Waals surface area contributed by atoms with Crippen LogP contribution in [0.4, 0.5) is 10.1 Å². The van der Waals surface area contributed by atoms with Gasteiger partial charge in [0, 0.05) is 12.8 Å². The first-order valence-electron chi connectivity index (χ1n) is 10.1. The maximum absolute atomic E-state index is 13.5. The number of carbonyl (C=O) groups excluding carboxylic acids is 2. The highest BCUT2D eigenvalue weighted by atomic mass is 19.1. The number of para-hydroxylation sites is 1. The summed E-state index contributed by atoms with van der Waals surface area (Å²) in [5, 5.41) is 6.32. The molecule has 0 unspecified atom stereocenters. The first-order chi connectivity index (χ1) is 15.5. The summed E-state index contributed by atoms with van der Waals surface area (Å²) in [5.74, 6) is -0.660. The Bertz CT molecular complexity index is 1080. The van der Waals surface area contributed by atoms with Gasteiger partial charge >= 0.3 is 0 Å². The number of rotatable bonds is 9. The summed E-state index contributed by atoms with van der Waals surface area (Å²) in [6, 6.07) is 21.3. The molecular formula is C25H24FN3O3. The normalized spacial score (nSPS) is 10.7. The van der Waals surface area contributed by atoms with Crippen molar-refractivity contribution in [3.8, 4) is 5.75 Å². The molecule has 0 bridgehead atoms. The van der Waals surface area contributed by atoms with Crippen LogP contribution in [-0.2, 0) is 16.2 Å². The average Bonchev–Trinajstić information content (AvgIpc) is 2.80. The second-order valence-corrected chi connectivity index (χ2v) is 7.16.